The fourth-order valence-corrected chi connectivity index (χ4v) is 5.16. The van der Waals surface area contributed by atoms with Gasteiger partial charge in [0.1, 0.15) is 4.70 Å². The molecule has 0 unspecified atom stereocenters. The fourth-order valence-electron chi connectivity index (χ4n) is 2.65. The number of rotatable bonds is 2. The van der Waals surface area contributed by atoms with Crippen LogP contribution in [0.2, 0.25) is 0 Å². The smallest absolute Gasteiger partial charge is 0.211 e. The molecule has 0 saturated carbocycles. The van der Waals surface area contributed by atoms with Crippen LogP contribution in [0.25, 0.3) is 30.8 Å². The Hall–Kier alpha value is -1.71. The van der Waals surface area contributed by atoms with E-state index in [1.807, 2.05) is 40.9 Å². The molecule has 4 rings (SSSR count). The monoisotopic (exact) mass is 311 g/mol. The van der Waals surface area contributed by atoms with Gasteiger partial charge in [-0.15, -0.1) is 22.7 Å². The predicted octanol–water partition coefficient (Wildman–Crippen LogP) is 6.53. The van der Waals surface area contributed by atoms with Gasteiger partial charge < -0.3 is 0 Å². The van der Waals surface area contributed by atoms with Crippen molar-refractivity contribution in [3.63, 3.8) is 0 Å². The highest BCUT2D eigenvalue weighted by atomic mass is 32.2. The third-order valence-corrected chi connectivity index (χ3v) is 6.43. The third kappa shape index (κ3) is 2.08. The van der Waals surface area contributed by atoms with Crippen molar-refractivity contribution in [1.29, 1.82) is 0 Å². The van der Waals surface area contributed by atoms with Gasteiger partial charge >= 0.3 is 11.5 Å². The lowest BCUT2D eigenvalue weighted by Crippen LogP contribution is -1.80. The third-order valence-electron chi connectivity index (χ3n) is 3.74. The molecule has 0 aliphatic rings. The summed E-state index contributed by atoms with van der Waals surface area (Å²) < 4.78 is 8.73. The van der Waals surface area contributed by atoms with Crippen LogP contribution in [-0.2, 0) is 6.42 Å². The summed E-state index contributed by atoms with van der Waals surface area (Å²) in [6.07, 6.45) is 1.11. The average Bonchev–Trinajstić information content (AvgIpc) is 3.06. The molecule has 1 nitrogen and oxygen atoms in total. The molecule has 1 aromatic carbocycles. The van der Waals surface area contributed by atoms with E-state index in [1.54, 1.807) is 0 Å². The Morgan fingerprint density at radius 2 is 1.81 bits per heavy atom. The van der Waals surface area contributed by atoms with Gasteiger partial charge in [-0.2, -0.15) is 0 Å². The van der Waals surface area contributed by atoms with Gasteiger partial charge in [0.2, 0.25) is 0 Å². The van der Waals surface area contributed by atoms with Crippen molar-refractivity contribution in [2.75, 3.05) is 0 Å². The van der Waals surface area contributed by atoms with Gasteiger partial charge in [-0.1, -0.05) is 25.1 Å². The summed E-state index contributed by atoms with van der Waals surface area (Å²) in [6.45, 7) is 4.28. The molecular formula is C18H15OS2+. The first-order valence-electron chi connectivity index (χ1n) is 7.10. The van der Waals surface area contributed by atoms with Crippen LogP contribution in [0.5, 0.6) is 0 Å². The Morgan fingerprint density at radius 1 is 1.00 bits per heavy atom. The Kier molecular flexibility index (Phi) is 3.05. The average molecular weight is 311 g/mol. The van der Waals surface area contributed by atoms with E-state index in [9.17, 15) is 0 Å². The van der Waals surface area contributed by atoms with E-state index in [1.165, 1.54) is 24.4 Å². The molecule has 0 radical (unpaired) electrons. The molecule has 0 amide bonds. The normalized spacial score (nSPS) is 11.5. The second kappa shape index (κ2) is 4.93. The SMILES string of the molecule is CCc1cc2c(s1)sc1c(C)[o+]c(-c3ccccc3)cc12. The van der Waals surface area contributed by atoms with E-state index < -0.39 is 0 Å². The van der Waals surface area contributed by atoms with Gasteiger partial charge in [0.15, 0.2) is 0 Å². The maximum absolute atomic E-state index is 6.05. The molecule has 0 atom stereocenters. The van der Waals surface area contributed by atoms with Gasteiger partial charge in [-0.3, -0.25) is 0 Å². The first-order valence-corrected chi connectivity index (χ1v) is 8.73. The Balaban J connectivity index is 2.02. The van der Waals surface area contributed by atoms with E-state index in [-0.39, 0.29) is 0 Å². The molecule has 0 saturated heterocycles. The second-order valence-electron chi connectivity index (χ2n) is 5.15. The summed E-state index contributed by atoms with van der Waals surface area (Å²) in [7, 11) is 0. The number of hydrogen-bond donors (Lipinski definition) is 0. The Morgan fingerprint density at radius 3 is 2.57 bits per heavy atom. The minimum Gasteiger partial charge on any atom is -0.211 e. The molecule has 0 bridgehead atoms. The molecular weight excluding hydrogens is 296 g/mol. The van der Waals surface area contributed by atoms with Crippen molar-refractivity contribution in [1.82, 2.24) is 0 Å². The van der Waals surface area contributed by atoms with Crippen LogP contribution in [0, 0.1) is 6.92 Å². The van der Waals surface area contributed by atoms with Crippen LogP contribution in [0.15, 0.2) is 46.9 Å². The molecule has 0 aliphatic carbocycles. The summed E-state index contributed by atoms with van der Waals surface area (Å²) >= 11 is 3.76. The fraction of sp³-hybridized carbons (Fsp3) is 0.167. The van der Waals surface area contributed by atoms with Crippen molar-refractivity contribution in [2.45, 2.75) is 20.3 Å². The lowest BCUT2D eigenvalue weighted by Gasteiger charge is -1.93. The molecule has 0 aliphatic heterocycles. The molecule has 104 valence electrons. The maximum Gasteiger partial charge on any atom is 0.360 e. The molecule has 0 fully saturated rings. The van der Waals surface area contributed by atoms with E-state index in [0.29, 0.717) is 0 Å². The van der Waals surface area contributed by atoms with Gasteiger partial charge in [0, 0.05) is 15.6 Å². The second-order valence-corrected chi connectivity index (χ2v) is 7.56. The van der Waals surface area contributed by atoms with E-state index >= 15 is 0 Å². The molecule has 0 N–H and O–H groups in total. The van der Waals surface area contributed by atoms with E-state index in [2.05, 4.69) is 38.1 Å². The van der Waals surface area contributed by atoms with Gasteiger partial charge in [0.05, 0.1) is 22.6 Å². The largest absolute Gasteiger partial charge is 0.360 e. The number of thiophene rings is 2. The zero-order valence-corrected chi connectivity index (χ0v) is 13.6. The summed E-state index contributed by atoms with van der Waals surface area (Å²) in [5.41, 5.74) is 1.13. The van der Waals surface area contributed by atoms with Crippen molar-refractivity contribution in [3.05, 3.63) is 53.1 Å². The summed E-state index contributed by atoms with van der Waals surface area (Å²) in [5.74, 6) is 1.96. The minimum absolute atomic E-state index is 0.949. The van der Waals surface area contributed by atoms with E-state index in [0.717, 1.165) is 23.5 Å². The lowest BCUT2D eigenvalue weighted by molar-refractivity contribution is 0.541. The Bertz CT molecular complexity index is 932. The highest BCUT2D eigenvalue weighted by Crippen LogP contribution is 2.42. The summed E-state index contributed by atoms with van der Waals surface area (Å²) in [5, 5.41) is 2.71. The number of fused-ring (bicyclic) bond motifs is 3. The molecule has 0 spiro atoms. The summed E-state index contributed by atoms with van der Waals surface area (Å²) in [6, 6.07) is 14.9. The highest BCUT2D eigenvalue weighted by molar-refractivity contribution is 7.41. The molecule has 4 aromatic rings. The van der Waals surface area contributed by atoms with Gasteiger partial charge in [0.25, 0.3) is 0 Å². The lowest BCUT2D eigenvalue weighted by atomic mass is 10.1. The Labute approximate surface area is 131 Å². The molecule has 21 heavy (non-hydrogen) atoms. The molecule has 3 heteroatoms. The van der Waals surface area contributed by atoms with Crippen LogP contribution in [0.1, 0.15) is 17.6 Å². The number of benzene rings is 1. The minimum atomic E-state index is 0.949. The van der Waals surface area contributed by atoms with Crippen molar-refractivity contribution in [2.24, 2.45) is 0 Å². The molecule has 3 heterocycles. The zero-order valence-electron chi connectivity index (χ0n) is 12.0. The number of hydrogen-bond acceptors (Lipinski definition) is 2. The van der Waals surface area contributed by atoms with Gasteiger partial charge in [-0.25, -0.2) is 4.42 Å². The van der Waals surface area contributed by atoms with Crippen LogP contribution in [0.4, 0.5) is 0 Å². The van der Waals surface area contributed by atoms with Crippen molar-refractivity contribution >= 4 is 42.2 Å². The number of aryl methyl sites for hydroxylation is 2. The standard InChI is InChI=1S/C18H15OS2/c1-3-13-9-15-14-10-16(12-7-5-4-6-8-12)19-11(2)17(14)21-18(15)20-13/h4-10H,3H2,1-2H3/q+1. The predicted molar refractivity (Wildman–Crippen MR) is 93.4 cm³/mol. The van der Waals surface area contributed by atoms with Crippen molar-refractivity contribution < 1.29 is 4.42 Å². The van der Waals surface area contributed by atoms with Crippen LogP contribution in [-0.4, -0.2) is 0 Å². The topological polar surface area (TPSA) is 11.3 Å². The molecule has 3 aromatic heterocycles. The first kappa shape index (κ1) is 13.0. The highest BCUT2D eigenvalue weighted by Gasteiger charge is 2.21. The van der Waals surface area contributed by atoms with Crippen LogP contribution in [0.3, 0.4) is 0 Å². The van der Waals surface area contributed by atoms with E-state index in [4.69, 9.17) is 4.42 Å². The van der Waals surface area contributed by atoms with Gasteiger partial charge in [-0.05, 0) is 24.6 Å². The maximum atomic E-state index is 6.05. The van der Waals surface area contributed by atoms with Crippen LogP contribution < -0.4 is 0 Å². The quantitative estimate of drug-likeness (QED) is 0.383. The van der Waals surface area contributed by atoms with Crippen LogP contribution >= 0.6 is 22.7 Å². The first-order chi connectivity index (χ1) is 10.3. The van der Waals surface area contributed by atoms with Crippen molar-refractivity contribution in [3.8, 4) is 11.3 Å². The summed E-state index contributed by atoms with van der Waals surface area (Å²) in [4.78, 5) is 1.46. The zero-order chi connectivity index (χ0) is 14.4.